The minimum Gasteiger partial charge on any atom is -0.263 e. The molecule has 0 aliphatic heterocycles. The van der Waals surface area contributed by atoms with Gasteiger partial charge in [-0.2, -0.15) is 5.26 Å². The number of hydrogen-bond acceptors (Lipinski definition) is 2. The van der Waals surface area contributed by atoms with Crippen molar-refractivity contribution in [3.8, 4) is 6.07 Å². The summed E-state index contributed by atoms with van der Waals surface area (Å²) in [4.78, 5) is 3.82. The summed E-state index contributed by atoms with van der Waals surface area (Å²) >= 11 is 0. The Morgan fingerprint density at radius 1 is 1.29 bits per heavy atom. The van der Waals surface area contributed by atoms with Gasteiger partial charge in [0.25, 0.3) is 0 Å². The van der Waals surface area contributed by atoms with Crippen LogP contribution in [0.25, 0.3) is 10.8 Å². The minimum absolute atomic E-state index is 0.299. The number of hydrogen-bond donors (Lipinski definition) is 0. The molecule has 1 aromatic carbocycles. The third kappa shape index (κ3) is 1.12. The van der Waals surface area contributed by atoms with Crippen molar-refractivity contribution in [2.24, 2.45) is 0 Å². The molecule has 2 nitrogen and oxygen atoms in total. The molecule has 0 amide bonds. The SMILES string of the molecule is Cc1ccc2c(C#N)cncc2c1F. The lowest BCUT2D eigenvalue weighted by Crippen LogP contribution is -1.89. The summed E-state index contributed by atoms with van der Waals surface area (Å²) in [5, 5.41) is 9.81. The zero-order chi connectivity index (χ0) is 10.1. The zero-order valence-electron chi connectivity index (χ0n) is 7.58. The van der Waals surface area contributed by atoms with Crippen LogP contribution < -0.4 is 0 Å². The molecule has 0 aliphatic carbocycles. The Kier molecular flexibility index (Phi) is 1.90. The smallest absolute Gasteiger partial charge is 0.135 e. The first-order valence-corrected chi connectivity index (χ1v) is 4.17. The van der Waals surface area contributed by atoms with Gasteiger partial charge < -0.3 is 0 Å². The van der Waals surface area contributed by atoms with Gasteiger partial charge in [0.05, 0.1) is 5.56 Å². The summed E-state index contributed by atoms with van der Waals surface area (Å²) < 4.78 is 13.6. The lowest BCUT2D eigenvalue weighted by atomic mass is 10.1. The number of nitriles is 1. The first-order valence-electron chi connectivity index (χ1n) is 4.17. The van der Waals surface area contributed by atoms with Crippen molar-refractivity contribution in [1.82, 2.24) is 4.98 Å². The number of pyridine rings is 1. The summed E-state index contributed by atoms with van der Waals surface area (Å²) in [5.74, 6) is -0.299. The summed E-state index contributed by atoms with van der Waals surface area (Å²) in [6.45, 7) is 1.69. The van der Waals surface area contributed by atoms with Crippen LogP contribution in [-0.4, -0.2) is 4.98 Å². The highest BCUT2D eigenvalue weighted by Crippen LogP contribution is 2.22. The van der Waals surface area contributed by atoms with Crippen molar-refractivity contribution in [2.45, 2.75) is 6.92 Å². The molecule has 0 saturated carbocycles. The highest BCUT2D eigenvalue weighted by molar-refractivity contribution is 5.87. The van der Waals surface area contributed by atoms with E-state index < -0.39 is 0 Å². The van der Waals surface area contributed by atoms with Crippen molar-refractivity contribution in [2.75, 3.05) is 0 Å². The van der Waals surface area contributed by atoms with Crippen LogP contribution >= 0.6 is 0 Å². The number of nitrogens with zero attached hydrogens (tertiary/aromatic N) is 2. The average molecular weight is 186 g/mol. The highest BCUT2D eigenvalue weighted by atomic mass is 19.1. The van der Waals surface area contributed by atoms with Gasteiger partial charge in [-0.05, 0) is 12.5 Å². The number of aromatic nitrogens is 1. The number of aryl methyl sites for hydroxylation is 1. The Bertz CT molecular complexity index is 541. The van der Waals surface area contributed by atoms with Gasteiger partial charge in [0.2, 0.25) is 0 Å². The van der Waals surface area contributed by atoms with Crippen molar-refractivity contribution in [3.05, 3.63) is 41.5 Å². The quantitative estimate of drug-likeness (QED) is 0.634. The predicted molar refractivity (Wildman–Crippen MR) is 51.2 cm³/mol. The summed E-state index contributed by atoms with van der Waals surface area (Å²) in [7, 11) is 0. The molecule has 0 N–H and O–H groups in total. The van der Waals surface area contributed by atoms with E-state index in [0.717, 1.165) is 0 Å². The van der Waals surface area contributed by atoms with Crippen LogP contribution in [0.2, 0.25) is 0 Å². The molecule has 0 radical (unpaired) electrons. The molecule has 1 heterocycles. The van der Waals surface area contributed by atoms with Gasteiger partial charge in [-0.25, -0.2) is 4.39 Å². The number of halogens is 1. The van der Waals surface area contributed by atoms with Crippen LogP contribution in [0.1, 0.15) is 11.1 Å². The van der Waals surface area contributed by atoms with E-state index >= 15 is 0 Å². The molecule has 0 saturated heterocycles. The number of fused-ring (bicyclic) bond motifs is 1. The van der Waals surface area contributed by atoms with Gasteiger partial charge in [-0.3, -0.25) is 4.98 Å². The molecule has 2 aromatic rings. The van der Waals surface area contributed by atoms with Gasteiger partial charge >= 0.3 is 0 Å². The van der Waals surface area contributed by atoms with E-state index in [1.807, 2.05) is 6.07 Å². The maximum absolute atomic E-state index is 13.6. The predicted octanol–water partition coefficient (Wildman–Crippen LogP) is 2.55. The van der Waals surface area contributed by atoms with Gasteiger partial charge in [0.1, 0.15) is 11.9 Å². The summed E-state index contributed by atoms with van der Waals surface area (Å²) in [5.41, 5.74) is 0.968. The number of benzene rings is 1. The largest absolute Gasteiger partial charge is 0.263 e. The Morgan fingerprint density at radius 3 is 2.79 bits per heavy atom. The fourth-order valence-electron chi connectivity index (χ4n) is 1.41. The third-order valence-electron chi connectivity index (χ3n) is 2.19. The Hall–Kier alpha value is -1.95. The number of rotatable bonds is 0. The van der Waals surface area contributed by atoms with Crippen LogP contribution in [0.3, 0.4) is 0 Å². The standard InChI is InChI=1S/C11H7FN2/c1-7-2-3-9-8(4-13)5-14-6-10(9)11(7)12/h2-3,5-6H,1H3. The molecule has 0 fully saturated rings. The normalized spacial score (nSPS) is 10.1. The molecule has 1 aromatic heterocycles. The molecule has 14 heavy (non-hydrogen) atoms. The van der Waals surface area contributed by atoms with Crippen LogP contribution in [-0.2, 0) is 0 Å². The van der Waals surface area contributed by atoms with Crippen LogP contribution in [0.15, 0.2) is 24.5 Å². The molecule has 0 unspecified atom stereocenters. The maximum Gasteiger partial charge on any atom is 0.135 e. The summed E-state index contributed by atoms with van der Waals surface area (Å²) in [6, 6.07) is 5.40. The monoisotopic (exact) mass is 186 g/mol. The fourth-order valence-corrected chi connectivity index (χ4v) is 1.41. The van der Waals surface area contributed by atoms with Crippen LogP contribution in [0.5, 0.6) is 0 Å². The Balaban J connectivity index is 2.95. The van der Waals surface area contributed by atoms with Crippen molar-refractivity contribution in [3.63, 3.8) is 0 Å². The van der Waals surface area contributed by atoms with Crippen molar-refractivity contribution in [1.29, 1.82) is 5.26 Å². The van der Waals surface area contributed by atoms with E-state index in [4.69, 9.17) is 5.26 Å². The first-order chi connectivity index (χ1) is 6.74. The average Bonchev–Trinajstić information content (AvgIpc) is 2.23. The van der Waals surface area contributed by atoms with Crippen LogP contribution in [0, 0.1) is 24.1 Å². The van der Waals surface area contributed by atoms with Gasteiger partial charge in [0.15, 0.2) is 0 Å². The second-order valence-electron chi connectivity index (χ2n) is 3.09. The van der Waals surface area contributed by atoms with Crippen molar-refractivity contribution >= 4 is 10.8 Å². The molecular formula is C11H7FN2. The van der Waals surface area contributed by atoms with Gasteiger partial charge in [-0.15, -0.1) is 0 Å². The lowest BCUT2D eigenvalue weighted by Gasteiger charge is -2.02. The summed E-state index contributed by atoms with van der Waals surface area (Å²) in [6.07, 6.45) is 2.88. The van der Waals surface area contributed by atoms with Gasteiger partial charge in [0, 0.05) is 23.2 Å². The topological polar surface area (TPSA) is 36.7 Å². The molecule has 0 atom stereocenters. The molecular weight excluding hydrogens is 179 g/mol. The second kappa shape index (κ2) is 3.08. The second-order valence-corrected chi connectivity index (χ2v) is 3.09. The van der Waals surface area contributed by atoms with E-state index in [9.17, 15) is 4.39 Å². The van der Waals surface area contributed by atoms with Crippen LogP contribution in [0.4, 0.5) is 4.39 Å². The van der Waals surface area contributed by atoms with E-state index in [1.165, 1.54) is 12.4 Å². The van der Waals surface area contributed by atoms with E-state index in [1.54, 1.807) is 19.1 Å². The minimum atomic E-state index is -0.299. The lowest BCUT2D eigenvalue weighted by molar-refractivity contribution is 0.630. The fraction of sp³-hybridized carbons (Fsp3) is 0.0909. The molecule has 2 rings (SSSR count). The Morgan fingerprint density at radius 2 is 2.07 bits per heavy atom. The van der Waals surface area contributed by atoms with E-state index in [-0.39, 0.29) is 5.82 Å². The Labute approximate surface area is 80.6 Å². The van der Waals surface area contributed by atoms with E-state index in [2.05, 4.69) is 4.98 Å². The maximum atomic E-state index is 13.6. The molecule has 0 bridgehead atoms. The first kappa shape index (κ1) is 8.64. The van der Waals surface area contributed by atoms with Crippen molar-refractivity contribution < 1.29 is 4.39 Å². The molecule has 0 aliphatic rings. The van der Waals surface area contributed by atoms with Gasteiger partial charge in [-0.1, -0.05) is 12.1 Å². The highest BCUT2D eigenvalue weighted by Gasteiger charge is 2.06. The zero-order valence-corrected chi connectivity index (χ0v) is 7.58. The molecule has 68 valence electrons. The van der Waals surface area contributed by atoms with E-state index in [0.29, 0.717) is 21.9 Å². The molecule has 3 heteroatoms. The molecule has 0 spiro atoms. The third-order valence-corrected chi connectivity index (χ3v) is 2.19.